The van der Waals surface area contributed by atoms with Gasteiger partial charge >= 0.3 is 6.09 Å². The van der Waals surface area contributed by atoms with E-state index in [1.807, 2.05) is 0 Å². The fourth-order valence-corrected chi connectivity index (χ4v) is 1.71. The molecule has 8 heteroatoms. The molecule has 4 N–H and O–H groups in total. The van der Waals surface area contributed by atoms with Crippen molar-refractivity contribution in [1.82, 2.24) is 5.43 Å². The van der Waals surface area contributed by atoms with Crippen LogP contribution in [0.4, 0.5) is 10.5 Å². The van der Waals surface area contributed by atoms with Crippen molar-refractivity contribution < 1.29 is 19.1 Å². The zero-order valence-electron chi connectivity index (χ0n) is 8.90. The monoisotopic (exact) mass is 269 g/mol. The first-order valence-corrected chi connectivity index (χ1v) is 5.22. The van der Waals surface area contributed by atoms with Crippen molar-refractivity contribution in [2.24, 2.45) is 5.84 Å². The van der Waals surface area contributed by atoms with Crippen molar-refractivity contribution in [2.75, 3.05) is 5.32 Å². The molecule has 7 nitrogen and oxygen atoms in total. The zero-order valence-corrected chi connectivity index (χ0v) is 9.65. The summed E-state index contributed by atoms with van der Waals surface area (Å²) in [4.78, 5) is 34.5. The van der Waals surface area contributed by atoms with E-state index in [0.717, 1.165) is 0 Å². The Bertz CT molecular complexity index is 546. The van der Waals surface area contributed by atoms with E-state index in [4.69, 9.17) is 17.4 Å². The Morgan fingerprint density at radius 2 is 2.17 bits per heavy atom. The van der Waals surface area contributed by atoms with Crippen LogP contribution in [0, 0.1) is 0 Å². The van der Waals surface area contributed by atoms with Gasteiger partial charge in [-0.2, -0.15) is 0 Å². The summed E-state index contributed by atoms with van der Waals surface area (Å²) in [6.07, 6.45) is -2.62. The number of Topliss-reactive ketones (excluding diaryl/α,β-unsaturated/α-hetero) is 1. The Morgan fingerprint density at radius 3 is 2.83 bits per heavy atom. The van der Waals surface area contributed by atoms with Gasteiger partial charge in [-0.05, 0) is 18.2 Å². The number of nitrogens with one attached hydrogen (secondary N) is 2. The topological polar surface area (TPSA) is 111 Å². The van der Waals surface area contributed by atoms with Crippen molar-refractivity contribution in [3.05, 3.63) is 28.8 Å². The lowest BCUT2D eigenvalue weighted by Crippen LogP contribution is -2.46. The van der Waals surface area contributed by atoms with Crippen LogP contribution < -0.4 is 16.6 Å². The molecule has 2 rings (SSSR count). The molecule has 0 bridgehead atoms. The van der Waals surface area contributed by atoms with Crippen LogP contribution in [0.2, 0.25) is 5.02 Å². The fourth-order valence-electron chi connectivity index (χ4n) is 1.54. The number of anilines is 1. The third-order valence-corrected chi connectivity index (χ3v) is 2.56. The molecule has 1 aromatic rings. The third-order valence-electron chi connectivity index (χ3n) is 2.32. The molecule has 0 radical (unpaired) electrons. The van der Waals surface area contributed by atoms with Crippen LogP contribution >= 0.6 is 11.6 Å². The van der Waals surface area contributed by atoms with Crippen LogP contribution in [0.5, 0.6) is 0 Å². The number of halogens is 1. The lowest BCUT2D eigenvalue weighted by atomic mass is 9.99. The number of hydrogen-bond acceptors (Lipinski definition) is 5. The van der Waals surface area contributed by atoms with Crippen LogP contribution in [-0.2, 0) is 9.53 Å². The minimum absolute atomic E-state index is 0.217. The number of rotatable bonds is 1. The molecular formula is C10H8ClN3O4. The smallest absolute Gasteiger partial charge is 0.422 e. The Labute approximate surface area is 106 Å². The van der Waals surface area contributed by atoms with E-state index in [2.05, 4.69) is 10.1 Å². The molecule has 1 aliphatic heterocycles. The number of amides is 2. The van der Waals surface area contributed by atoms with Gasteiger partial charge in [0.2, 0.25) is 11.9 Å². The van der Waals surface area contributed by atoms with Gasteiger partial charge in [-0.15, -0.1) is 0 Å². The van der Waals surface area contributed by atoms with E-state index < -0.39 is 23.9 Å². The maximum Gasteiger partial charge on any atom is 0.422 e. The minimum atomic E-state index is -1.55. The highest BCUT2D eigenvalue weighted by Crippen LogP contribution is 2.27. The number of nitrogens with two attached hydrogens (primary N) is 1. The van der Waals surface area contributed by atoms with Crippen LogP contribution in [0.15, 0.2) is 18.2 Å². The molecule has 1 atom stereocenters. The van der Waals surface area contributed by atoms with Gasteiger partial charge < -0.3 is 10.1 Å². The second-order valence-corrected chi connectivity index (χ2v) is 3.91. The first-order valence-electron chi connectivity index (χ1n) is 4.85. The summed E-state index contributed by atoms with van der Waals surface area (Å²) in [6, 6.07) is 4.37. The van der Waals surface area contributed by atoms with Gasteiger partial charge in [0.05, 0.1) is 5.69 Å². The molecular weight excluding hydrogens is 262 g/mol. The Balaban J connectivity index is 2.33. The van der Waals surface area contributed by atoms with E-state index in [1.165, 1.54) is 18.2 Å². The van der Waals surface area contributed by atoms with Crippen molar-refractivity contribution in [3.63, 3.8) is 0 Å². The fraction of sp³-hybridized carbons (Fsp3) is 0.100. The molecule has 1 aromatic carbocycles. The molecule has 94 valence electrons. The predicted molar refractivity (Wildman–Crippen MR) is 62.0 cm³/mol. The number of hydrogen-bond donors (Lipinski definition) is 3. The van der Waals surface area contributed by atoms with E-state index >= 15 is 0 Å². The van der Waals surface area contributed by atoms with Gasteiger partial charge in [0.15, 0.2) is 0 Å². The largest absolute Gasteiger partial charge is 0.427 e. The number of fused-ring (bicyclic) bond motifs is 1. The average Bonchev–Trinajstić information content (AvgIpc) is 2.33. The Kier molecular flexibility index (Phi) is 3.17. The number of benzene rings is 1. The van der Waals surface area contributed by atoms with Gasteiger partial charge in [-0.1, -0.05) is 11.6 Å². The molecule has 1 unspecified atom stereocenters. The molecule has 0 saturated carbocycles. The van der Waals surface area contributed by atoms with Gasteiger partial charge in [0.25, 0.3) is 5.91 Å². The van der Waals surface area contributed by atoms with Crippen LogP contribution in [0.3, 0.4) is 0 Å². The van der Waals surface area contributed by atoms with Gasteiger partial charge in [-0.3, -0.25) is 15.0 Å². The molecule has 0 aliphatic carbocycles. The summed E-state index contributed by atoms with van der Waals surface area (Å²) in [6.45, 7) is 0. The summed E-state index contributed by atoms with van der Waals surface area (Å²) in [7, 11) is 0. The first-order chi connectivity index (χ1) is 8.52. The van der Waals surface area contributed by atoms with Crippen molar-refractivity contribution in [3.8, 4) is 0 Å². The van der Waals surface area contributed by atoms with Crippen molar-refractivity contribution >= 4 is 35.1 Å². The highest BCUT2D eigenvalue weighted by Gasteiger charge is 2.37. The van der Waals surface area contributed by atoms with E-state index in [0.29, 0.717) is 5.02 Å². The normalized spacial score (nSPS) is 17.8. The molecule has 1 aliphatic rings. The van der Waals surface area contributed by atoms with Crippen molar-refractivity contribution in [1.29, 1.82) is 0 Å². The summed E-state index contributed by atoms with van der Waals surface area (Å²) in [5.74, 6) is 3.43. The molecule has 1 heterocycles. The summed E-state index contributed by atoms with van der Waals surface area (Å²) < 4.78 is 4.58. The van der Waals surface area contributed by atoms with E-state index in [9.17, 15) is 14.4 Å². The number of carbonyl (C=O) groups excluding carboxylic acids is 3. The molecule has 2 amide bonds. The molecule has 0 spiro atoms. The molecule has 0 aromatic heterocycles. The van der Waals surface area contributed by atoms with Crippen LogP contribution in [-0.4, -0.2) is 23.9 Å². The Hall–Kier alpha value is -2.12. The summed E-state index contributed by atoms with van der Waals surface area (Å²) >= 11 is 5.74. The third kappa shape index (κ3) is 2.13. The SMILES string of the molecule is NNC(=O)OC1C(=O)Nc2cc(Cl)ccc2C1=O. The quantitative estimate of drug-likeness (QED) is 0.297. The lowest BCUT2D eigenvalue weighted by molar-refractivity contribution is -0.122. The van der Waals surface area contributed by atoms with Crippen LogP contribution in [0.1, 0.15) is 10.4 Å². The second-order valence-electron chi connectivity index (χ2n) is 3.47. The first kappa shape index (κ1) is 12.3. The van der Waals surface area contributed by atoms with Gasteiger partial charge in [0, 0.05) is 10.6 Å². The minimum Gasteiger partial charge on any atom is -0.427 e. The van der Waals surface area contributed by atoms with Gasteiger partial charge in [0.1, 0.15) is 0 Å². The predicted octanol–water partition coefficient (Wildman–Crippen LogP) is 0.443. The molecule has 0 fully saturated rings. The number of ether oxygens (including phenoxy) is 1. The van der Waals surface area contributed by atoms with Crippen molar-refractivity contribution in [2.45, 2.75) is 6.10 Å². The highest BCUT2D eigenvalue weighted by atomic mass is 35.5. The van der Waals surface area contributed by atoms with E-state index in [-0.39, 0.29) is 11.3 Å². The van der Waals surface area contributed by atoms with E-state index in [1.54, 1.807) is 5.43 Å². The summed E-state index contributed by atoms with van der Waals surface area (Å²) in [5, 5.41) is 2.80. The second kappa shape index (κ2) is 4.63. The molecule has 0 saturated heterocycles. The summed E-state index contributed by atoms with van der Waals surface area (Å²) in [5.41, 5.74) is 2.17. The zero-order chi connectivity index (χ0) is 13.3. The van der Waals surface area contributed by atoms with Gasteiger partial charge in [-0.25, -0.2) is 10.6 Å². The highest BCUT2D eigenvalue weighted by molar-refractivity contribution is 6.32. The lowest BCUT2D eigenvalue weighted by Gasteiger charge is -2.23. The van der Waals surface area contributed by atoms with Crippen LogP contribution in [0.25, 0.3) is 0 Å². The maximum atomic E-state index is 11.9. The maximum absolute atomic E-state index is 11.9. The Morgan fingerprint density at radius 1 is 1.44 bits per heavy atom. The number of hydrazine groups is 1. The average molecular weight is 270 g/mol. The number of ketones is 1. The standard InChI is InChI=1S/C10H8ClN3O4/c11-4-1-2-5-6(3-4)13-9(16)8(7(5)15)18-10(17)14-12/h1-3,8H,12H2,(H,13,16)(H,14,17). The number of carbonyl (C=O) groups is 3. The molecule has 18 heavy (non-hydrogen) atoms.